The number of rotatable bonds is 12. The summed E-state index contributed by atoms with van der Waals surface area (Å²) >= 11 is 1.65. The van der Waals surface area contributed by atoms with Crippen LogP contribution in [-0.4, -0.2) is 30.7 Å². The van der Waals surface area contributed by atoms with Gasteiger partial charge in [0.15, 0.2) is 4.80 Å². The maximum Gasteiger partial charge on any atom is 0.221 e. The predicted octanol–water partition coefficient (Wildman–Crippen LogP) is 7.26. The molecule has 0 aliphatic rings. The first-order valence-corrected chi connectivity index (χ1v) is 14.1. The fourth-order valence-corrected chi connectivity index (χ4v) is 5.62. The lowest BCUT2D eigenvalue weighted by Crippen LogP contribution is -2.16. The maximum atomic E-state index is 12.0. The minimum atomic E-state index is -0.110. The fraction of sp³-hybridized carbons (Fsp3) is 0.533. The molecule has 0 spiro atoms. The molecule has 0 aliphatic carbocycles. The summed E-state index contributed by atoms with van der Waals surface area (Å²) in [5.74, 6) is 1.99. The van der Waals surface area contributed by atoms with Gasteiger partial charge >= 0.3 is 0 Å². The Bertz CT molecular complexity index is 1240. The van der Waals surface area contributed by atoms with Crippen LogP contribution in [0.5, 0.6) is 11.5 Å². The predicted molar refractivity (Wildman–Crippen MR) is 155 cm³/mol. The van der Waals surface area contributed by atoms with E-state index in [4.69, 9.17) is 14.5 Å². The number of nitrogens with zero attached hydrogens (tertiary/aromatic N) is 2. The third-order valence-corrected chi connectivity index (χ3v) is 7.26. The molecular weight excluding hydrogens is 482 g/mol. The highest BCUT2D eigenvalue weighted by molar-refractivity contribution is 7.16. The lowest BCUT2D eigenvalue weighted by Gasteiger charge is -2.23. The van der Waals surface area contributed by atoms with E-state index in [1.165, 1.54) is 12.5 Å². The number of unbranched alkanes of at least 4 members (excludes halogenated alkanes) is 1. The number of hydrogen-bond donors (Lipinski definition) is 1. The van der Waals surface area contributed by atoms with Crippen LogP contribution in [0.25, 0.3) is 10.2 Å². The van der Waals surface area contributed by atoms with E-state index in [-0.39, 0.29) is 5.91 Å². The Kier molecular flexibility index (Phi) is 10.2. The average molecular weight is 526 g/mol. The molecule has 202 valence electrons. The number of hydrogen-bond acceptors (Lipinski definition) is 5. The molecule has 0 saturated heterocycles. The molecule has 0 bridgehead atoms. The molecule has 0 fully saturated rings. The minimum Gasteiger partial charge on any atom is -0.497 e. The van der Waals surface area contributed by atoms with Crippen LogP contribution in [0.2, 0.25) is 0 Å². The topological polar surface area (TPSA) is 64.8 Å². The number of methoxy groups -OCH3 is 1. The maximum absolute atomic E-state index is 12.0. The van der Waals surface area contributed by atoms with E-state index >= 15 is 0 Å². The van der Waals surface area contributed by atoms with Crippen LogP contribution in [0, 0.1) is 11.3 Å². The zero-order valence-corrected chi connectivity index (χ0v) is 24.3. The molecular formula is C30H43N3O3S. The number of benzene rings is 2. The summed E-state index contributed by atoms with van der Waals surface area (Å²) < 4.78 is 15.0. The molecule has 1 heterocycles. The highest BCUT2D eigenvalue weighted by Gasteiger charge is 2.17. The zero-order chi connectivity index (χ0) is 27.0. The number of anilines is 1. The molecule has 6 nitrogen and oxygen atoms in total. The lowest BCUT2D eigenvalue weighted by atomic mass is 9.84. The van der Waals surface area contributed by atoms with Gasteiger partial charge in [-0.05, 0) is 54.4 Å². The third-order valence-electron chi connectivity index (χ3n) is 6.18. The second kappa shape index (κ2) is 13.1. The van der Waals surface area contributed by atoms with Gasteiger partial charge in [-0.15, -0.1) is 0 Å². The van der Waals surface area contributed by atoms with E-state index in [9.17, 15) is 4.79 Å². The summed E-state index contributed by atoms with van der Waals surface area (Å²) in [5.41, 5.74) is 3.23. The van der Waals surface area contributed by atoms with E-state index in [0.717, 1.165) is 53.0 Å². The van der Waals surface area contributed by atoms with Crippen molar-refractivity contribution >= 4 is 33.1 Å². The van der Waals surface area contributed by atoms with Crippen molar-refractivity contribution in [3.8, 4) is 11.5 Å². The van der Waals surface area contributed by atoms with Crippen molar-refractivity contribution in [2.45, 2.75) is 73.8 Å². The van der Waals surface area contributed by atoms with Gasteiger partial charge in [0.25, 0.3) is 0 Å². The molecule has 1 atom stereocenters. The Balaban J connectivity index is 1.98. The van der Waals surface area contributed by atoms with Gasteiger partial charge in [-0.3, -0.25) is 9.79 Å². The molecule has 3 rings (SSSR count). The number of fused-ring (bicyclic) bond motifs is 1. The van der Waals surface area contributed by atoms with Gasteiger partial charge in [-0.25, -0.2) is 0 Å². The third kappa shape index (κ3) is 8.63. The van der Waals surface area contributed by atoms with Gasteiger partial charge in [-0.2, -0.15) is 0 Å². The van der Waals surface area contributed by atoms with Gasteiger partial charge in [-0.1, -0.05) is 64.5 Å². The van der Waals surface area contributed by atoms with Crippen LogP contribution in [-0.2, 0) is 11.3 Å². The Morgan fingerprint density at radius 1 is 1.19 bits per heavy atom. The van der Waals surface area contributed by atoms with E-state index in [2.05, 4.69) is 62.7 Å². The van der Waals surface area contributed by atoms with E-state index < -0.39 is 0 Å². The summed E-state index contributed by atoms with van der Waals surface area (Å²) in [5, 5.41) is 2.97. The van der Waals surface area contributed by atoms with Crippen molar-refractivity contribution in [1.29, 1.82) is 0 Å². The molecule has 0 aliphatic heterocycles. The Morgan fingerprint density at radius 3 is 2.54 bits per heavy atom. The van der Waals surface area contributed by atoms with Crippen molar-refractivity contribution in [3.63, 3.8) is 0 Å². The monoisotopic (exact) mass is 525 g/mol. The van der Waals surface area contributed by atoms with Crippen molar-refractivity contribution in [1.82, 2.24) is 4.57 Å². The SMILES string of the molecule is CCCCN=c1sc2cc(NC(C)=O)c(OCCC(C)CC(C)(C)C)cc2n1Cc1ccc(OC)cc1. The van der Waals surface area contributed by atoms with Crippen LogP contribution < -0.4 is 19.6 Å². The summed E-state index contributed by atoms with van der Waals surface area (Å²) in [6, 6.07) is 12.2. The standard InChI is InChI=1S/C30H43N3O3S/c1-8-9-15-31-29-33(20-23-10-12-24(35-7)13-11-23)26-18-27(25(32-22(3)34)17-28(26)37-29)36-16-14-21(2)19-30(4,5)6/h10-13,17-18,21H,8-9,14-16,19-20H2,1-7H3,(H,32,34). The average Bonchev–Trinajstić information content (AvgIpc) is 3.14. The van der Waals surface area contributed by atoms with Gasteiger partial charge < -0.3 is 19.4 Å². The molecule has 2 aromatic carbocycles. The second-order valence-electron chi connectivity index (χ2n) is 11.1. The van der Waals surface area contributed by atoms with Gasteiger partial charge in [0, 0.05) is 19.5 Å². The van der Waals surface area contributed by atoms with Gasteiger partial charge in [0.2, 0.25) is 5.91 Å². The highest BCUT2D eigenvalue weighted by Crippen LogP contribution is 2.33. The molecule has 1 unspecified atom stereocenters. The number of carbonyl (C=O) groups is 1. The van der Waals surface area contributed by atoms with E-state index in [0.29, 0.717) is 35.9 Å². The van der Waals surface area contributed by atoms with Crippen LogP contribution in [0.1, 0.15) is 72.8 Å². The summed E-state index contributed by atoms with van der Waals surface area (Å²) in [6.07, 6.45) is 4.26. The first-order valence-electron chi connectivity index (χ1n) is 13.3. The fourth-order valence-electron chi connectivity index (χ4n) is 4.54. The molecule has 1 amide bonds. The van der Waals surface area contributed by atoms with Crippen LogP contribution >= 0.6 is 11.3 Å². The normalized spacial score (nSPS) is 13.1. The molecule has 0 saturated carbocycles. The van der Waals surface area contributed by atoms with E-state index in [1.807, 2.05) is 18.2 Å². The quantitative estimate of drug-likeness (QED) is 0.253. The van der Waals surface area contributed by atoms with Gasteiger partial charge in [0.1, 0.15) is 11.5 Å². The number of carbonyl (C=O) groups excluding carboxylic acids is 1. The Hall–Kier alpha value is -2.80. The summed E-state index contributed by atoms with van der Waals surface area (Å²) in [6.45, 7) is 14.9. The Labute approximate surface area is 225 Å². The van der Waals surface area contributed by atoms with Crippen LogP contribution in [0.3, 0.4) is 0 Å². The van der Waals surface area contributed by atoms with Crippen molar-refractivity contribution in [2.75, 3.05) is 25.6 Å². The summed E-state index contributed by atoms with van der Waals surface area (Å²) in [4.78, 5) is 17.9. The first kappa shape index (κ1) is 28.8. The highest BCUT2D eigenvalue weighted by atomic mass is 32.1. The Morgan fingerprint density at radius 2 is 1.92 bits per heavy atom. The van der Waals surface area contributed by atoms with Crippen LogP contribution in [0.15, 0.2) is 41.4 Å². The molecule has 1 N–H and O–H groups in total. The van der Waals surface area contributed by atoms with Crippen molar-refractivity contribution < 1.29 is 14.3 Å². The molecule has 37 heavy (non-hydrogen) atoms. The minimum absolute atomic E-state index is 0.110. The number of thiazole rings is 1. The van der Waals surface area contributed by atoms with E-state index in [1.54, 1.807) is 18.4 Å². The molecule has 7 heteroatoms. The van der Waals surface area contributed by atoms with Gasteiger partial charge in [0.05, 0.1) is 36.2 Å². The second-order valence-corrected chi connectivity index (χ2v) is 12.1. The molecule has 0 radical (unpaired) electrons. The first-order chi connectivity index (χ1) is 17.6. The number of aromatic nitrogens is 1. The largest absolute Gasteiger partial charge is 0.497 e. The van der Waals surface area contributed by atoms with Crippen LogP contribution in [0.4, 0.5) is 5.69 Å². The zero-order valence-electron chi connectivity index (χ0n) is 23.5. The number of nitrogens with one attached hydrogen (secondary N) is 1. The number of amides is 1. The summed E-state index contributed by atoms with van der Waals surface area (Å²) in [7, 11) is 1.68. The molecule has 1 aromatic heterocycles. The number of ether oxygens (including phenoxy) is 2. The smallest absolute Gasteiger partial charge is 0.221 e. The van der Waals surface area contributed by atoms with Crippen molar-refractivity contribution in [2.24, 2.45) is 16.3 Å². The molecule has 3 aromatic rings. The lowest BCUT2D eigenvalue weighted by molar-refractivity contribution is -0.114. The van der Waals surface area contributed by atoms with Crippen molar-refractivity contribution in [3.05, 3.63) is 46.8 Å².